The van der Waals surface area contributed by atoms with Gasteiger partial charge in [-0.25, -0.2) is 9.98 Å². The minimum absolute atomic E-state index is 0.106. The van der Waals surface area contributed by atoms with Gasteiger partial charge in [0, 0.05) is 0 Å². The molecule has 0 amide bonds. The van der Waals surface area contributed by atoms with Crippen molar-refractivity contribution in [2.75, 3.05) is 0 Å². The second kappa shape index (κ2) is 4.69. The Hall–Kier alpha value is -0.460. The highest BCUT2D eigenvalue weighted by molar-refractivity contribution is 14.1. The van der Waals surface area contributed by atoms with Crippen LogP contribution in [0.3, 0.4) is 0 Å². The Morgan fingerprint density at radius 3 is 2.75 bits per heavy atom. The van der Waals surface area contributed by atoms with Crippen molar-refractivity contribution in [3.8, 4) is 0 Å². The highest BCUT2D eigenvalue weighted by Gasteiger charge is 1.76. The Balaban J connectivity index is 3.79. The zero-order valence-electron chi connectivity index (χ0n) is 4.00. The molecule has 0 aliphatic heterocycles. The van der Waals surface area contributed by atoms with E-state index in [9.17, 15) is 0 Å². The average molecular weight is 224 g/mol. The van der Waals surface area contributed by atoms with Gasteiger partial charge >= 0.3 is 0 Å². The van der Waals surface area contributed by atoms with E-state index >= 15 is 0 Å². The molecule has 8 heavy (non-hydrogen) atoms. The normalized spacial score (nSPS) is 12.4. The Bertz CT molecular complexity index is 127. The van der Waals surface area contributed by atoms with E-state index in [-0.39, 0.29) is 5.96 Å². The first kappa shape index (κ1) is 7.54. The Morgan fingerprint density at radius 1 is 1.75 bits per heavy atom. The van der Waals surface area contributed by atoms with E-state index < -0.39 is 0 Å². The molecule has 0 aromatic rings. The summed E-state index contributed by atoms with van der Waals surface area (Å²) in [6.07, 6.45) is 0.846. The van der Waals surface area contributed by atoms with Crippen molar-refractivity contribution < 1.29 is 0 Å². The molecule has 0 aromatic carbocycles. The Morgan fingerprint density at radius 2 is 2.38 bits per heavy atom. The molecule has 0 atom stereocenters. The maximum Gasteiger partial charge on any atom is 0.221 e. The highest BCUT2D eigenvalue weighted by atomic mass is 127. The maximum absolute atomic E-state index is 6.44. The first-order valence-electron chi connectivity index (χ1n) is 1.76. The molecule has 0 aromatic heterocycles. The molecule has 5 heteroatoms. The second-order valence-corrected chi connectivity index (χ2v) is 1.40. The van der Waals surface area contributed by atoms with Crippen LogP contribution in [0, 0.1) is 5.41 Å². The quantitative estimate of drug-likeness (QED) is 0.377. The third-order valence-corrected chi connectivity index (χ3v) is 0.656. The van der Waals surface area contributed by atoms with Gasteiger partial charge in [-0.05, 0) is 22.6 Å². The number of hydrogen-bond donors (Lipinski definition) is 2. The molecule has 0 aliphatic rings. The van der Waals surface area contributed by atoms with Crippen LogP contribution < -0.4 is 5.73 Å². The van der Waals surface area contributed by atoms with Crippen LogP contribution in [0.15, 0.2) is 9.98 Å². The molecular formula is C3H5IN4. The Kier molecular flexibility index (Phi) is 4.42. The van der Waals surface area contributed by atoms with Gasteiger partial charge in [-0.2, -0.15) is 0 Å². The fourth-order valence-corrected chi connectivity index (χ4v) is 0.435. The van der Waals surface area contributed by atoms with Crippen molar-refractivity contribution in [1.29, 1.82) is 5.41 Å². The van der Waals surface area contributed by atoms with Gasteiger partial charge in [-0.3, -0.25) is 5.41 Å². The lowest BCUT2D eigenvalue weighted by Crippen LogP contribution is -2.07. The molecule has 0 radical (unpaired) electrons. The molecule has 0 rings (SSSR count). The summed E-state index contributed by atoms with van der Waals surface area (Å²) in [5.74, 6) is 0.106. The van der Waals surface area contributed by atoms with Crippen LogP contribution in [0.4, 0.5) is 0 Å². The van der Waals surface area contributed by atoms with Gasteiger partial charge in [-0.15, -0.1) is 0 Å². The lowest BCUT2D eigenvalue weighted by atomic mass is 11.0. The lowest BCUT2D eigenvalue weighted by molar-refractivity contribution is 1.46. The van der Waals surface area contributed by atoms with Crippen molar-refractivity contribution in [2.24, 2.45) is 15.7 Å². The lowest BCUT2D eigenvalue weighted by Gasteiger charge is -1.81. The summed E-state index contributed by atoms with van der Waals surface area (Å²) in [4.78, 5) is 6.90. The third kappa shape index (κ3) is 3.72. The van der Waals surface area contributed by atoms with Crippen LogP contribution >= 0.6 is 22.6 Å². The van der Waals surface area contributed by atoms with Gasteiger partial charge in [0.25, 0.3) is 0 Å². The van der Waals surface area contributed by atoms with Gasteiger partial charge in [0.05, 0.1) is 4.22 Å². The Labute approximate surface area is 60.5 Å². The fourth-order valence-electron chi connectivity index (χ4n) is 0.149. The number of nitrogens with zero attached hydrogens (tertiary/aromatic N) is 2. The first-order chi connectivity index (χ1) is 3.81. The highest BCUT2D eigenvalue weighted by Crippen LogP contribution is 1.72. The van der Waals surface area contributed by atoms with Gasteiger partial charge < -0.3 is 5.73 Å². The number of rotatable bonds is 1. The SMILES string of the molecule is N=C/N=C(N)\N=C/I. The van der Waals surface area contributed by atoms with Crippen LogP contribution in [-0.4, -0.2) is 16.5 Å². The summed E-state index contributed by atoms with van der Waals surface area (Å²) in [7, 11) is 0. The van der Waals surface area contributed by atoms with Crippen molar-refractivity contribution in [3.05, 3.63) is 0 Å². The van der Waals surface area contributed by atoms with E-state index in [4.69, 9.17) is 11.1 Å². The van der Waals surface area contributed by atoms with Crippen molar-refractivity contribution in [1.82, 2.24) is 0 Å². The molecule has 0 saturated carbocycles. The predicted octanol–water partition coefficient (Wildman–Crippen LogP) is 0.371. The number of aliphatic imine (C=N–C) groups is 2. The molecule has 4 nitrogen and oxygen atoms in total. The van der Waals surface area contributed by atoms with E-state index in [0.717, 1.165) is 6.34 Å². The van der Waals surface area contributed by atoms with Gasteiger partial charge in [0.1, 0.15) is 6.34 Å². The van der Waals surface area contributed by atoms with E-state index in [0.29, 0.717) is 0 Å². The van der Waals surface area contributed by atoms with E-state index in [1.807, 2.05) is 22.6 Å². The molecule has 0 saturated heterocycles. The molecule has 0 aliphatic carbocycles. The number of nitrogens with one attached hydrogen (secondary N) is 1. The maximum atomic E-state index is 6.44. The minimum atomic E-state index is 0.106. The third-order valence-electron chi connectivity index (χ3n) is 0.378. The topological polar surface area (TPSA) is 74.6 Å². The monoisotopic (exact) mass is 224 g/mol. The molecule has 0 heterocycles. The van der Waals surface area contributed by atoms with Crippen LogP contribution in [0.1, 0.15) is 0 Å². The van der Waals surface area contributed by atoms with Crippen LogP contribution in [0.2, 0.25) is 0 Å². The van der Waals surface area contributed by atoms with Crippen molar-refractivity contribution >= 4 is 39.1 Å². The second-order valence-electron chi connectivity index (χ2n) is 0.843. The summed E-state index contributed by atoms with van der Waals surface area (Å²) in [6.45, 7) is 0. The summed E-state index contributed by atoms with van der Waals surface area (Å²) in [6, 6.07) is 0. The zero-order chi connectivity index (χ0) is 6.41. The summed E-state index contributed by atoms with van der Waals surface area (Å²) in [5, 5.41) is 6.44. The molecular weight excluding hydrogens is 219 g/mol. The molecule has 0 spiro atoms. The molecule has 0 unspecified atom stereocenters. The standard InChI is InChI=1S/C3H5IN4/c4-1-7-3(6)8-2-5/h1-2H,(H3,5,6,8)/b7-1-. The zero-order valence-corrected chi connectivity index (χ0v) is 6.16. The smallest absolute Gasteiger partial charge is 0.221 e. The summed E-state index contributed by atoms with van der Waals surface area (Å²) < 4.78 is 1.49. The molecule has 44 valence electrons. The van der Waals surface area contributed by atoms with Gasteiger partial charge in [-0.1, -0.05) is 0 Å². The van der Waals surface area contributed by atoms with E-state index in [1.54, 1.807) is 0 Å². The van der Waals surface area contributed by atoms with Gasteiger partial charge in [0.2, 0.25) is 5.96 Å². The molecule has 0 bridgehead atoms. The fraction of sp³-hybridized carbons (Fsp3) is 0. The van der Waals surface area contributed by atoms with Crippen LogP contribution in [-0.2, 0) is 0 Å². The number of guanidine groups is 1. The predicted molar refractivity (Wildman–Crippen MR) is 42.9 cm³/mol. The van der Waals surface area contributed by atoms with Crippen molar-refractivity contribution in [2.45, 2.75) is 0 Å². The van der Waals surface area contributed by atoms with Crippen molar-refractivity contribution in [3.63, 3.8) is 0 Å². The van der Waals surface area contributed by atoms with E-state index in [1.165, 1.54) is 4.22 Å². The van der Waals surface area contributed by atoms with Gasteiger partial charge in [0.15, 0.2) is 0 Å². The number of nitrogens with two attached hydrogens (primary N) is 1. The molecule has 3 N–H and O–H groups in total. The molecule has 0 fully saturated rings. The average Bonchev–Trinajstić information content (AvgIpc) is 1.68. The summed E-state index contributed by atoms with van der Waals surface area (Å²) >= 11 is 1.91. The summed E-state index contributed by atoms with van der Waals surface area (Å²) in [5.41, 5.74) is 5.09. The largest absolute Gasteiger partial charge is 0.368 e. The minimum Gasteiger partial charge on any atom is -0.368 e. The number of hydrogen-bond acceptors (Lipinski definition) is 1. The first-order valence-corrected chi connectivity index (χ1v) is 3.00. The van der Waals surface area contributed by atoms with Crippen LogP contribution in [0.5, 0.6) is 0 Å². The number of halogens is 1. The van der Waals surface area contributed by atoms with Crippen LogP contribution in [0.25, 0.3) is 0 Å². The van der Waals surface area contributed by atoms with E-state index in [2.05, 4.69) is 9.98 Å².